The number of ether oxygens (including phenoxy) is 2. The largest absolute Gasteiger partial charge is 0.497 e. The summed E-state index contributed by atoms with van der Waals surface area (Å²) >= 11 is 1.03. The van der Waals surface area contributed by atoms with E-state index < -0.39 is 0 Å². The van der Waals surface area contributed by atoms with Crippen molar-refractivity contribution in [1.82, 2.24) is 5.32 Å². The van der Waals surface area contributed by atoms with Crippen LogP contribution < -0.4 is 14.8 Å². The predicted octanol–water partition coefficient (Wildman–Crippen LogP) is 3.68. The molecule has 1 atom stereocenters. The fraction of sp³-hybridized carbons (Fsp3) is 0.200. The molecular weight excluding hydrogens is 350 g/mol. The molecule has 2 amide bonds. The maximum Gasteiger partial charge on any atom is 0.286 e. The molecule has 134 valence electrons. The van der Waals surface area contributed by atoms with Crippen LogP contribution in [0.25, 0.3) is 5.57 Å². The third-order valence-corrected chi connectivity index (χ3v) is 4.98. The van der Waals surface area contributed by atoms with E-state index in [4.69, 9.17) is 9.47 Å². The van der Waals surface area contributed by atoms with E-state index >= 15 is 0 Å². The van der Waals surface area contributed by atoms with Crippen molar-refractivity contribution in [3.63, 3.8) is 0 Å². The van der Waals surface area contributed by atoms with Gasteiger partial charge in [-0.25, -0.2) is 0 Å². The maximum atomic E-state index is 11.6. The molecule has 2 aromatic rings. The number of nitrogens with one attached hydrogen (secondary N) is 1. The average Bonchev–Trinajstić information content (AvgIpc) is 2.97. The van der Waals surface area contributed by atoms with Gasteiger partial charge in [0, 0.05) is 0 Å². The molecule has 1 N–H and O–H groups in total. The number of thioether (sulfide) groups is 1. The number of hydrogen-bond acceptors (Lipinski definition) is 5. The summed E-state index contributed by atoms with van der Waals surface area (Å²) in [5, 5.41) is 1.66. The molecule has 1 saturated heterocycles. The van der Waals surface area contributed by atoms with Crippen molar-refractivity contribution in [2.75, 3.05) is 13.7 Å². The third kappa shape index (κ3) is 4.46. The molecule has 1 unspecified atom stereocenters. The van der Waals surface area contributed by atoms with Crippen LogP contribution in [-0.4, -0.2) is 30.1 Å². The highest BCUT2D eigenvalue weighted by Crippen LogP contribution is 2.24. The molecule has 1 aliphatic heterocycles. The van der Waals surface area contributed by atoms with Gasteiger partial charge >= 0.3 is 0 Å². The number of rotatable bonds is 7. The Kier molecular flexibility index (Phi) is 5.63. The number of imide groups is 1. The van der Waals surface area contributed by atoms with Crippen LogP contribution in [0, 0.1) is 0 Å². The number of carbonyl (C=O) groups excluding carboxylic acids is 2. The van der Waals surface area contributed by atoms with Crippen molar-refractivity contribution < 1.29 is 19.1 Å². The molecule has 0 spiro atoms. The second-order valence-corrected chi connectivity index (χ2v) is 7.03. The molecular formula is C20H19NO4S. The zero-order chi connectivity index (χ0) is 18.5. The number of hydrogen-bond donors (Lipinski definition) is 1. The van der Waals surface area contributed by atoms with Gasteiger partial charge in [-0.15, -0.1) is 0 Å². The van der Waals surface area contributed by atoms with E-state index in [0.29, 0.717) is 13.0 Å². The maximum absolute atomic E-state index is 11.6. The van der Waals surface area contributed by atoms with Gasteiger partial charge in [0.2, 0.25) is 5.91 Å². The zero-order valence-electron chi connectivity index (χ0n) is 14.4. The Morgan fingerprint density at radius 2 is 1.92 bits per heavy atom. The quantitative estimate of drug-likeness (QED) is 0.806. The summed E-state index contributed by atoms with van der Waals surface area (Å²) in [6.45, 7) is 4.42. The molecule has 1 heterocycles. The Morgan fingerprint density at radius 1 is 1.15 bits per heavy atom. The van der Waals surface area contributed by atoms with Gasteiger partial charge in [0.25, 0.3) is 5.24 Å². The minimum atomic E-state index is -0.359. The van der Waals surface area contributed by atoms with Crippen molar-refractivity contribution in [2.45, 2.75) is 11.7 Å². The lowest BCUT2D eigenvalue weighted by Gasteiger charge is -2.11. The fourth-order valence-corrected chi connectivity index (χ4v) is 3.42. The Bertz CT molecular complexity index is 832. The first-order valence-electron chi connectivity index (χ1n) is 8.10. The van der Waals surface area contributed by atoms with Crippen LogP contribution in [0.1, 0.15) is 11.1 Å². The summed E-state index contributed by atoms with van der Waals surface area (Å²) in [4.78, 5) is 22.8. The second-order valence-electron chi connectivity index (χ2n) is 5.86. The van der Waals surface area contributed by atoms with Crippen LogP contribution in [0.15, 0.2) is 55.1 Å². The van der Waals surface area contributed by atoms with Crippen LogP contribution in [-0.2, 0) is 11.2 Å². The monoisotopic (exact) mass is 369 g/mol. The zero-order valence-corrected chi connectivity index (χ0v) is 15.2. The van der Waals surface area contributed by atoms with Crippen LogP contribution in [0.5, 0.6) is 11.5 Å². The Hall–Kier alpha value is -2.73. The highest BCUT2D eigenvalue weighted by Gasteiger charge is 2.31. The molecule has 0 saturated carbocycles. The van der Waals surface area contributed by atoms with Crippen molar-refractivity contribution in [2.24, 2.45) is 0 Å². The van der Waals surface area contributed by atoms with Crippen LogP contribution >= 0.6 is 11.8 Å². The summed E-state index contributed by atoms with van der Waals surface area (Å²) in [6.07, 6.45) is 0.513. The average molecular weight is 369 g/mol. The highest BCUT2D eigenvalue weighted by molar-refractivity contribution is 8.15. The molecule has 0 bridgehead atoms. The topological polar surface area (TPSA) is 64.6 Å². The molecule has 26 heavy (non-hydrogen) atoms. The molecule has 3 rings (SSSR count). The summed E-state index contributed by atoms with van der Waals surface area (Å²) in [7, 11) is 1.63. The number of methoxy groups -OCH3 is 1. The lowest BCUT2D eigenvalue weighted by Crippen LogP contribution is -2.25. The molecule has 0 aliphatic carbocycles. The lowest BCUT2D eigenvalue weighted by molar-refractivity contribution is -0.118. The highest BCUT2D eigenvalue weighted by atomic mass is 32.2. The molecule has 2 aromatic carbocycles. The summed E-state index contributed by atoms with van der Waals surface area (Å²) in [6, 6.07) is 15.2. The Morgan fingerprint density at radius 3 is 2.58 bits per heavy atom. The summed E-state index contributed by atoms with van der Waals surface area (Å²) in [5.74, 6) is 1.27. The smallest absolute Gasteiger partial charge is 0.286 e. The van der Waals surface area contributed by atoms with E-state index in [0.717, 1.165) is 40.0 Å². The van der Waals surface area contributed by atoms with E-state index in [1.165, 1.54) is 0 Å². The lowest BCUT2D eigenvalue weighted by atomic mass is 10.1. The van der Waals surface area contributed by atoms with E-state index in [-0.39, 0.29) is 16.4 Å². The summed E-state index contributed by atoms with van der Waals surface area (Å²) in [5.41, 5.74) is 2.80. The first-order valence-corrected chi connectivity index (χ1v) is 8.98. The Balaban J connectivity index is 1.55. The normalized spacial score (nSPS) is 16.3. The van der Waals surface area contributed by atoms with Crippen LogP contribution in [0.4, 0.5) is 4.79 Å². The Labute approximate surface area is 156 Å². The van der Waals surface area contributed by atoms with Crippen molar-refractivity contribution in [3.05, 3.63) is 66.2 Å². The number of benzene rings is 2. The van der Waals surface area contributed by atoms with Gasteiger partial charge in [-0.1, -0.05) is 42.6 Å². The molecule has 1 aliphatic rings. The van der Waals surface area contributed by atoms with E-state index in [1.54, 1.807) is 7.11 Å². The van der Waals surface area contributed by atoms with Crippen molar-refractivity contribution >= 4 is 28.5 Å². The van der Waals surface area contributed by atoms with Gasteiger partial charge in [0.15, 0.2) is 0 Å². The summed E-state index contributed by atoms with van der Waals surface area (Å²) < 4.78 is 11.0. The van der Waals surface area contributed by atoms with E-state index in [1.807, 2.05) is 48.5 Å². The first-order chi connectivity index (χ1) is 12.5. The van der Waals surface area contributed by atoms with Gasteiger partial charge in [-0.2, -0.15) is 0 Å². The third-order valence-electron chi connectivity index (χ3n) is 4.00. The minimum absolute atomic E-state index is 0.227. The predicted molar refractivity (Wildman–Crippen MR) is 103 cm³/mol. The van der Waals surface area contributed by atoms with Gasteiger partial charge in [-0.05, 0) is 47.4 Å². The first kappa shape index (κ1) is 18.1. The van der Waals surface area contributed by atoms with E-state index in [2.05, 4.69) is 11.9 Å². The van der Waals surface area contributed by atoms with Gasteiger partial charge < -0.3 is 9.47 Å². The SMILES string of the molecule is C=C(COc1ccc(CC2SC(=O)NC2=O)cc1)c1cccc(OC)c1. The molecule has 0 radical (unpaired) electrons. The molecule has 0 aromatic heterocycles. The standard InChI is InChI=1S/C20H19NO4S/c1-13(15-4-3-5-17(11-15)24-2)12-25-16-8-6-14(7-9-16)10-18-19(22)21-20(23)26-18/h3-9,11,18H,1,10,12H2,2H3,(H,21,22,23). The van der Waals surface area contributed by atoms with Gasteiger partial charge in [-0.3, -0.25) is 14.9 Å². The minimum Gasteiger partial charge on any atom is -0.497 e. The molecule has 1 fully saturated rings. The van der Waals surface area contributed by atoms with Crippen molar-refractivity contribution in [1.29, 1.82) is 0 Å². The van der Waals surface area contributed by atoms with Crippen LogP contribution in [0.3, 0.4) is 0 Å². The van der Waals surface area contributed by atoms with Gasteiger partial charge in [0.05, 0.1) is 12.4 Å². The van der Waals surface area contributed by atoms with E-state index in [9.17, 15) is 9.59 Å². The molecule has 5 nitrogen and oxygen atoms in total. The number of amides is 2. The fourth-order valence-electron chi connectivity index (χ4n) is 2.56. The number of carbonyl (C=O) groups is 2. The van der Waals surface area contributed by atoms with Crippen LogP contribution in [0.2, 0.25) is 0 Å². The van der Waals surface area contributed by atoms with Crippen molar-refractivity contribution in [3.8, 4) is 11.5 Å². The molecule has 6 heteroatoms. The van der Waals surface area contributed by atoms with Gasteiger partial charge in [0.1, 0.15) is 18.1 Å². The second kappa shape index (κ2) is 8.10.